The summed E-state index contributed by atoms with van der Waals surface area (Å²) in [6, 6.07) is 1.27. The molecule has 3 N–H and O–H groups in total. The number of hydrogen-bond donors (Lipinski definition) is 2. The molecule has 1 aliphatic rings. The fraction of sp³-hybridized carbons (Fsp3) is 0.583. The number of primary amides is 1. The number of carbonyl (C=O) groups excluding carboxylic acids is 2. The zero-order chi connectivity index (χ0) is 14.7. The number of alkyl halides is 1. The maximum atomic E-state index is 13.4. The van der Waals surface area contributed by atoms with Crippen LogP contribution in [0, 0.1) is 6.92 Å². The Bertz CT molecular complexity index is 505. The third-order valence-electron chi connectivity index (χ3n) is 3.19. The lowest BCUT2D eigenvalue weighted by atomic mass is 10.2. The number of hydrogen-bond acceptors (Lipinski definition) is 5. The first-order chi connectivity index (χ1) is 9.45. The van der Waals surface area contributed by atoms with Gasteiger partial charge in [-0.2, -0.15) is 0 Å². The molecule has 1 saturated heterocycles. The van der Waals surface area contributed by atoms with Gasteiger partial charge in [0.1, 0.15) is 6.17 Å². The van der Waals surface area contributed by atoms with Crippen molar-refractivity contribution in [3.63, 3.8) is 0 Å². The highest BCUT2D eigenvalue weighted by molar-refractivity contribution is 5.91. The van der Waals surface area contributed by atoms with Crippen molar-refractivity contribution >= 4 is 11.8 Å². The maximum Gasteiger partial charge on any atom is 0.289 e. The van der Waals surface area contributed by atoms with Crippen molar-refractivity contribution in [2.45, 2.75) is 25.6 Å². The lowest BCUT2D eigenvalue weighted by Gasteiger charge is -2.22. The molecule has 0 spiro atoms. The summed E-state index contributed by atoms with van der Waals surface area (Å²) in [5.41, 5.74) is 5.72. The molecule has 1 fully saturated rings. The summed E-state index contributed by atoms with van der Waals surface area (Å²) in [4.78, 5) is 24.3. The molecule has 0 unspecified atom stereocenters. The van der Waals surface area contributed by atoms with Gasteiger partial charge >= 0.3 is 0 Å². The van der Waals surface area contributed by atoms with Gasteiger partial charge in [0.2, 0.25) is 11.7 Å². The predicted octanol–water partition coefficient (Wildman–Crippen LogP) is -0.389. The monoisotopic (exact) mass is 284 g/mol. The number of aryl methyl sites for hydroxylation is 1. The van der Waals surface area contributed by atoms with Crippen LogP contribution in [0.5, 0.6) is 0 Å². The predicted molar refractivity (Wildman–Crippen MR) is 67.6 cm³/mol. The van der Waals surface area contributed by atoms with Gasteiger partial charge in [0.05, 0.1) is 12.2 Å². The highest BCUT2D eigenvalue weighted by Crippen LogP contribution is 2.19. The molecule has 2 atom stereocenters. The molecule has 7 nitrogen and oxygen atoms in total. The number of halogens is 1. The van der Waals surface area contributed by atoms with Crippen LogP contribution in [-0.4, -0.2) is 53.7 Å². The molecular formula is C12H17FN4O3. The average Bonchev–Trinajstić information content (AvgIpc) is 2.92. The third kappa shape index (κ3) is 3.53. The minimum Gasteiger partial charge on any atom is -0.369 e. The highest BCUT2D eigenvalue weighted by atomic mass is 19.1. The van der Waals surface area contributed by atoms with Gasteiger partial charge in [0.15, 0.2) is 0 Å². The molecule has 0 aliphatic carbocycles. The molecule has 1 aliphatic heterocycles. The number of nitrogens with two attached hydrogens (primary N) is 1. The van der Waals surface area contributed by atoms with Crippen LogP contribution < -0.4 is 11.1 Å². The van der Waals surface area contributed by atoms with Gasteiger partial charge in [0, 0.05) is 25.2 Å². The molecule has 2 amide bonds. The SMILES string of the molecule is Cc1cc(C(=O)NC[C@@H]2C[C@H](F)CN2CC(N)=O)on1. The van der Waals surface area contributed by atoms with E-state index in [1.165, 1.54) is 6.07 Å². The number of amides is 2. The molecule has 110 valence electrons. The number of nitrogens with zero attached hydrogens (tertiary/aromatic N) is 2. The smallest absolute Gasteiger partial charge is 0.289 e. The Morgan fingerprint density at radius 2 is 2.40 bits per heavy atom. The summed E-state index contributed by atoms with van der Waals surface area (Å²) in [6.07, 6.45) is -0.744. The fourth-order valence-electron chi connectivity index (χ4n) is 2.30. The Morgan fingerprint density at radius 3 is 3.00 bits per heavy atom. The second kappa shape index (κ2) is 6.00. The Labute approximate surface area is 115 Å². The summed E-state index contributed by atoms with van der Waals surface area (Å²) in [5, 5.41) is 6.26. The standard InChI is InChI=1S/C12H17FN4O3/c1-7-2-10(20-16-7)12(19)15-4-9-3-8(13)5-17(9)6-11(14)18/h2,8-9H,3-6H2,1H3,(H2,14,18)(H,15,19)/t8-,9-/m0/s1. The largest absolute Gasteiger partial charge is 0.369 e. The van der Waals surface area contributed by atoms with Crippen LogP contribution >= 0.6 is 0 Å². The Balaban J connectivity index is 1.88. The van der Waals surface area contributed by atoms with Crippen LogP contribution in [0.2, 0.25) is 0 Å². The van der Waals surface area contributed by atoms with Crippen molar-refractivity contribution in [1.82, 2.24) is 15.4 Å². The molecule has 2 rings (SSSR count). The van der Waals surface area contributed by atoms with Crippen molar-refractivity contribution in [3.8, 4) is 0 Å². The van der Waals surface area contributed by atoms with Crippen LogP contribution in [0.3, 0.4) is 0 Å². The normalized spacial score (nSPS) is 22.9. The first-order valence-corrected chi connectivity index (χ1v) is 6.33. The minimum absolute atomic E-state index is 0.0115. The Hall–Kier alpha value is -1.96. The van der Waals surface area contributed by atoms with Crippen LogP contribution in [-0.2, 0) is 4.79 Å². The van der Waals surface area contributed by atoms with Crippen molar-refractivity contribution in [3.05, 3.63) is 17.5 Å². The summed E-state index contributed by atoms with van der Waals surface area (Å²) in [6.45, 7) is 2.08. The van der Waals surface area contributed by atoms with Crippen molar-refractivity contribution in [2.75, 3.05) is 19.6 Å². The Kier molecular flexibility index (Phi) is 4.33. The minimum atomic E-state index is -1.01. The molecule has 1 aromatic rings. The van der Waals surface area contributed by atoms with E-state index in [9.17, 15) is 14.0 Å². The molecule has 2 heterocycles. The van der Waals surface area contributed by atoms with Crippen molar-refractivity contribution in [1.29, 1.82) is 0 Å². The van der Waals surface area contributed by atoms with Crippen LogP contribution in [0.4, 0.5) is 4.39 Å². The van der Waals surface area contributed by atoms with E-state index in [1.807, 2.05) is 0 Å². The summed E-state index contributed by atoms with van der Waals surface area (Å²) in [5.74, 6) is -0.813. The van der Waals surface area contributed by atoms with Gasteiger partial charge in [0.25, 0.3) is 5.91 Å². The van der Waals surface area contributed by atoms with Gasteiger partial charge in [-0.3, -0.25) is 14.5 Å². The van der Waals surface area contributed by atoms with Gasteiger partial charge in [-0.05, 0) is 13.3 Å². The van der Waals surface area contributed by atoms with E-state index in [0.29, 0.717) is 5.69 Å². The van der Waals surface area contributed by atoms with Gasteiger partial charge < -0.3 is 15.6 Å². The first-order valence-electron chi connectivity index (χ1n) is 6.33. The third-order valence-corrected chi connectivity index (χ3v) is 3.19. The van der Waals surface area contributed by atoms with E-state index < -0.39 is 18.0 Å². The number of rotatable bonds is 5. The van der Waals surface area contributed by atoms with Crippen LogP contribution in [0.25, 0.3) is 0 Å². The van der Waals surface area contributed by atoms with Crippen LogP contribution in [0.1, 0.15) is 22.7 Å². The summed E-state index contributed by atoms with van der Waals surface area (Å²) in [7, 11) is 0. The second-order valence-electron chi connectivity index (χ2n) is 4.93. The highest BCUT2D eigenvalue weighted by Gasteiger charge is 2.33. The number of nitrogens with one attached hydrogen (secondary N) is 1. The van der Waals surface area contributed by atoms with Gasteiger partial charge in [-0.25, -0.2) is 4.39 Å². The van der Waals surface area contributed by atoms with E-state index in [1.54, 1.807) is 11.8 Å². The Morgan fingerprint density at radius 1 is 1.65 bits per heavy atom. The zero-order valence-corrected chi connectivity index (χ0v) is 11.1. The van der Waals surface area contributed by atoms with E-state index in [2.05, 4.69) is 10.5 Å². The molecule has 8 heteroatoms. The molecule has 20 heavy (non-hydrogen) atoms. The van der Waals surface area contributed by atoms with Gasteiger partial charge in [-0.15, -0.1) is 0 Å². The lowest BCUT2D eigenvalue weighted by Crippen LogP contribution is -2.43. The maximum absolute atomic E-state index is 13.4. The molecule has 0 aromatic carbocycles. The van der Waals surface area contributed by atoms with E-state index >= 15 is 0 Å². The number of likely N-dealkylation sites (tertiary alicyclic amines) is 1. The molecular weight excluding hydrogens is 267 g/mol. The number of carbonyl (C=O) groups is 2. The summed E-state index contributed by atoms with van der Waals surface area (Å²) < 4.78 is 18.2. The second-order valence-corrected chi connectivity index (χ2v) is 4.93. The molecule has 0 saturated carbocycles. The van der Waals surface area contributed by atoms with E-state index in [4.69, 9.17) is 10.3 Å². The lowest BCUT2D eigenvalue weighted by molar-refractivity contribution is -0.119. The van der Waals surface area contributed by atoms with Gasteiger partial charge in [-0.1, -0.05) is 5.16 Å². The average molecular weight is 284 g/mol. The molecule has 0 radical (unpaired) electrons. The molecule has 0 bridgehead atoms. The van der Waals surface area contributed by atoms with Crippen molar-refractivity contribution in [2.24, 2.45) is 5.73 Å². The van der Waals surface area contributed by atoms with E-state index in [-0.39, 0.29) is 37.9 Å². The fourth-order valence-corrected chi connectivity index (χ4v) is 2.30. The number of aromatic nitrogens is 1. The van der Waals surface area contributed by atoms with E-state index in [0.717, 1.165) is 0 Å². The van der Waals surface area contributed by atoms with Crippen molar-refractivity contribution < 1.29 is 18.5 Å². The quantitative estimate of drug-likeness (QED) is 0.767. The summed E-state index contributed by atoms with van der Waals surface area (Å²) >= 11 is 0. The van der Waals surface area contributed by atoms with Crippen LogP contribution in [0.15, 0.2) is 10.6 Å². The topological polar surface area (TPSA) is 101 Å². The first kappa shape index (κ1) is 14.4. The zero-order valence-electron chi connectivity index (χ0n) is 11.1. The molecule has 1 aromatic heterocycles.